The first kappa shape index (κ1) is 21.1. The van der Waals surface area contributed by atoms with Crippen LogP contribution in [-0.4, -0.2) is 62.5 Å². The van der Waals surface area contributed by atoms with Gasteiger partial charge in [0.05, 0.1) is 47.8 Å². The van der Waals surface area contributed by atoms with Gasteiger partial charge in [-0.05, 0) is 12.1 Å². The number of benzene rings is 2. The Labute approximate surface area is 181 Å². The summed E-state index contributed by atoms with van der Waals surface area (Å²) in [6.45, 7) is 0.398. The SMILES string of the molecule is O=S(=O)(C[C@@H]1O[C@@H]2C[C@@H]3O[C@H](c4ccccc4)OC[C@H]3O[C@H]2C[C@H]1O)c1ccccc1. The summed E-state index contributed by atoms with van der Waals surface area (Å²) in [5.74, 6) is -0.272. The molecule has 3 fully saturated rings. The van der Waals surface area contributed by atoms with Crippen molar-refractivity contribution in [3.05, 3.63) is 66.2 Å². The fourth-order valence-corrected chi connectivity index (χ4v) is 6.03. The van der Waals surface area contributed by atoms with Crippen molar-refractivity contribution in [2.24, 2.45) is 0 Å². The lowest BCUT2D eigenvalue weighted by Gasteiger charge is -2.49. The molecular formula is C23H26O7S. The van der Waals surface area contributed by atoms with Crippen LogP contribution in [0, 0.1) is 0 Å². The summed E-state index contributed by atoms with van der Waals surface area (Å²) in [5.41, 5.74) is 0.940. The first-order valence-corrected chi connectivity index (χ1v) is 12.2. The Morgan fingerprint density at radius 3 is 2.19 bits per heavy atom. The third kappa shape index (κ3) is 4.41. The molecule has 7 nitrogen and oxygen atoms in total. The molecule has 31 heavy (non-hydrogen) atoms. The summed E-state index contributed by atoms with van der Waals surface area (Å²) in [4.78, 5) is 0.228. The Bertz CT molecular complexity index is 981. The monoisotopic (exact) mass is 446 g/mol. The molecule has 0 amide bonds. The lowest BCUT2D eigenvalue weighted by atomic mass is 9.90. The van der Waals surface area contributed by atoms with Crippen LogP contribution < -0.4 is 0 Å². The van der Waals surface area contributed by atoms with Crippen molar-refractivity contribution < 1.29 is 32.5 Å². The molecule has 0 bridgehead atoms. The van der Waals surface area contributed by atoms with E-state index < -0.39 is 28.3 Å². The molecule has 1 N–H and O–H groups in total. The molecule has 3 aliphatic heterocycles. The molecule has 3 heterocycles. The second-order valence-corrected chi connectivity index (χ2v) is 10.3. The van der Waals surface area contributed by atoms with Crippen LogP contribution in [0.5, 0.6) is 0 Å². The first-order chi connectivity index (χ1) is 15.0. The van der Waals surface area contributed by atoms with Crippen LogP contribution in [0.25, 0.3) is 0 Å². The molecule has 3 saturated heterocycles. The highest BCUT2D eigenvalue weighted by atomic mass is 32.2. The molecule has 3 aliphatic rings. The number of aliphatic hydroxyl groups is 1. The summed E-state index contributed by atoms with van der Waals surface area (Å²) in [6.07, 6.45) is -2.41. The Morgan fingerprint density at radius 2 is 1.45 bits per heavy atom. The van der Waals surface area contributed by atoms with E-state index >= 15 is 0 Å². The zero-order valence-corrected chi connectivity index (χ0v) is 17.8. The molecule has 5 rings (SSSR count). The topological polar surface area (TPSA) is 91.3 Å². The highest BCUT2D eigenvalue weighted by Gasteiger charge is 2.48. The van der Waals surface area contributed by atoms with E-state index in [1.807, 2.05) is 30.3 Å². The third-order valence-electron chi connectivity index (χ3n) is 6.16. The number of hydrogen-bond donors (Lipinski definition) is 1. The van der Waals surface area contributed by atoms with Crippen LogP contribution in [0.4, 0.5) is 0 Å². The third-order valence-corrected chi connectivity index (χ3v) is 7.92. The minimum Gasteiger partial charge on any atom is -0.390 e. The second-order valence-electron chi connectivity index (χ2n) is 8.31. The van der Waals surface area contributed by atoms with Crippen LogP contribution in [0.2, 0.25) is 0 Å². The van der Waals surface area contributed by atoms with Gasteiger partial charge in [0.1, 0.15) is 6.10 Å². The summed E-state index contributed by atoms with van der Waals surface area (Å²) in [5, 5.41) is 10.6. The fourth-order valence-electron chi connectivity index (χ4n) is 4.53. The summed E-state index contributed by atoms with van der Waals surface area (Å²) < 4.78 is 49.7. The maximum Gasteiger partial charge on any atom is 0.184 e. The predicted octanol–water partition coefficient (Wildman–Crippen LogP) is 2.25. The van der Waals surface area contributed by atoms with E-state index in [0.29, 0.717) is 19.4 Å². The van der Waals surface area contributed by atoms with Crippen molar-refractivity contribution in [2.45, 2.75) is 60.7 Å². The Balaban J connectivity index is 1.26. The van der Waals surface area contributed by atoms with Gasteiger partial charge in [-0.25, -0.2) is 8.42 Å². The summed E-state index contributed by atoms with van der Waals surface area (Å²) in [7, 11) is -3.58. The van der Waals surface area contributed by atoms with Crippen LogP contribution in [-0.2, 0) is 28.8 Å². The zero-order chi connectivity index (χ0) is 21.4. The average Bonchev–Trinajstić information content (AvgIpc) is 2.79. The van der Waals surface area contributed by atoms with Crippen molar-refractivity contribution in [1.82, 2.24) is 0 Å². The van der Waals surface area contributed by atoms with E-state index in [1.54, 1.807) is 30.3 Å². The highest BCUT2D eigenvalue weighted by molar-refractivity contribution is 7.91. The smallest absolute Gasteiger partial charge is 0.184 e. The lowest BCUT2D eigenvalue weighted by Crippen LogP contribution is -2.59. The summed E-state index contributed by atoms with van der Waals surface area (Å²) in [6, 6.07) is 18.0. The van der Waals surface area contributed by atoms with E-state index in [9.17, 15) is 13.5 Å². The van der Waals surface area contributed by atoms with Gasteiger partial charge < -0.3 is 24.1 Å². The molecular weight excluding hydrogens is 420 g/mol. The zero-order valence-electron chi connectivity index (χ0n) is 16.9. The summed E-state index contributed by atoms with van der Waals surface area (Å²) >= 11 is 0. The number of rotatable bonds is 4. The Hall–Kier alpha value is -1.81. The van der Waals surface area contributed by atoms with E-state index in [2.05, 4.69) is 0 Å². The molecule has 166 valence electrons. The number of sulfone groups is 1. The van der Waals surface area contributed by atoms with Gasteiger partial charge in [0, 0.05) is 18.4 Å². The van der Waals surface area contributed by atoms with E-state index in [1.165, 1.54) is 0 Å². The number of ether oxygens (including phenoxy) is 4. The van der Waals surface area contributed by atoms with Gasteiger partial charge in [-0.15, -0.1) is 0 Å². The van der Waals surface area contributed by atoms with E-state index in [4.69, 9.17) is 18.9 Å². The molecule has 2 aromatic carbocycles. The highest BCUT2D eigenvalue weighted by Crippen LogP contribution is 2.38. The molecule has 0 unspecified atom stereocenters. The molecule has 0 saturated carbocycles. The number of aliphatic hydroxyl groups excluding tert-OH is 1. The molecule has 0 spiro atoms. The standard InChI is InChI=1S/C23H26O7S/c24-17-11-18-19(29-22(17)14-31(25,26)16-9-5-2-6-10-16)12-20-21(28-18)13-27-23(30-20)15-7-3-1-4-8-15/h1-10,17-24H,11-14H2/t17-,18+,19-,20+,21-,22+,23-/m1/s1. The van der Waals surface area contributed by atoms with Crippen LogP contribution in [0.1, 0.15) is 24.7 Å². The first-order valence-electron chi connectivity index (χ1n) is 10.6. The molecule has 0 aromatic heterocycles. The van der Waals surface area contributed by atoms with Gasteiger partial charge in [-0.3, -0.25) is 0 Å². The van der Waals surface area contributed by atoms with Crippen molar-refractivity contribution in [3.63, 3.8) is 0 Å². The molecule has 2 aromatic rings. The number of fused-ring (bicyclic) bond motifs is 2. The number of hydrogen-bond acceptors (Lipinski definition) is 7. The van der Waals surface area contributed by atoms with Crippen LogP contribution >= 0.6 is 0 Å². The Kier molecular flexibility index (Phi) is 5.85. The average molecular weight is 447 g/mol. The quantitative estimate of drug-likeness (QED) is 0.770. The Morgan fingerprint density at radius 1 is 0.806 bits per heavy atom. The minimum absolute atomic E-state index is 0.221. The van der Waals surface area contributed by atoms with Crippen molar-refractivity contribution >= 4 is 9.84 Å². The minimum atomic E-state index is -3.58. The van der Waals surface area contributed by atoms with Gasteiger partial charge in [-0.2, -0.15) is 0 Å². The normalized spacial score (nSPS) is 35.7. The van der Waals surface area contributed by atoms with Gasteiger partial charge in [0.15, 0.2) is 16.1 Å². The maximum absolute atomic E-state index is 12.8. The van der Waals surface area contributed by atoms with E-state index in [-0.39, 0.29) is 35.1 Å². The van der Waals surface area contributed by atoms with Gasteiger partial charge in [-0.1, -0.05) is 48.5 Å². The fraction of sp³-hybridized carbons (Fsp3) is 0.478. The van der Waals surface area contributed by atoms with Gasteiger partial charge in [0.2, 0.25) is 0 Å². The second kappa shape index (κ2) is 8.61. The van der Waals surface area contributed by atoms with Crippen molar-refractivity contribution in [1.29, 1.82) is 0 Å². The van der Waals surface area contributed by atoms with Crippen molar-refractivity contribution in [3.8, 4) is 0 Å². The van der Waals surface area contributed by atoms with Crippen LogP contribution in [0.3, 0.4) is 0 Å². The largest absolute Gasteiger partial charge is 0.390 e. The molecule has 0 aliphatic carbocycles. The molecule has 0 radical (unpaired) electrons. The molecule has 8 heteroatoms. The maximum atomic E-state index is 12.8. The lowest BCUT2D eigenvalue weighted by molar-refractivity contribution is -0.320. The predicted molar refractivity (Wildman–Crippen MR) is 111 cm³/mol. The van der Waals surface area contributed by atoms with E-state index in [0.717, 1.165) is 5.56 Å². The van der Waals surface area contributed by atoms with Crippen molar-refractivity contribution in [2.75, 3.05) is 12.4 Å². The van der Waals surface area contributed by atoms with Crippen LogP contribution in [0.15, 0.2) is 65.6 Å². The molecule has 7 atom stereocenters. The van der Waals surface area contributed by atoms with Gasteiger partial charge in [0.25, 0.3) is 0 Å². The van der Waals surface area contributed by atoms with Gasteiger partial charge >= 0.3 is 0 Å².